The first-order chi connectivity index (χ1) is 16.6. The molecule has 34 heavy (non-hydrogen) atoms. The molecule has 0 aliphatic carbocycles. The third-order valence-corrected chi connectivity index (χ3v) is 6.61. The van der Waals surface area contributed by atoms with Gasteiger partial charge in [-0.15, -0.1) is 0 Å². The molecule has 0 radical (unpaired) electrons. The lowest BCUT2D eigenvalue weighted by Crippen LogP contribution is -2.43. The Balaban J connectivity index is 1.34. The summed E-state index contributed by atoms with van der Waals surface area (Å²) in [6, 6.07) is 17.5. The van der Waals surface area contributed by atoms with Crippen molar-refractivity contribution >= 4 is 28.8 Å². The highest BCUT2D eigenvalue weighted by Crippen LogP contribution is 2.29. The molecule has 5 rings (SSSR count). The van der Waals surface area contributed by atoms with Crippen LogP contribution in [0.2, 0.25) is 5.02 Å². The first-order valence-electron chi connectivity index (χ1n) is 11.4. The molecule has 1 N–H and O–H groups in total. The van der Waals surface area contributed by atoms with Gasteiger partial charge in [-0.3, -0.25) is 4.79 Å². The van der Waals surface area contributed by atoms with E-state index in [1.807, 2.05) is 65.3 Å². The predicted octanol–water partition coefficient (Wildman–Crippen LogP) is 4.59. The number of halogens is 1. The van der Waals surface area contributed by atoms with Crippen LogP contribution < -0.4 is 15.0 Å². The van der Waals surface area contributed by atoms with E-state index < -0.39 is 0 Å². The average molecular weight is 476 g/mol. The molecule has 174 valence electrons. The maximum atomic E-state index is 12.9. The van der Waals surface area contributed by atoms with E-state index >= 15 is 0 Å². The van der Waals surface area contributed by atoms with Crippen molar-refractivity contribution in [2.24, 2.45) is 5.92 Å². The van der Waals surface area contributed by atoms with Crippen molar-refractivity contribution in [2.75, 3.05) is 25.1 Å². The number of nitrogens with one attached hydrogen (secondary N) is 1. The molecule has 1 saturated heterocycles. The lowest BCUT2D eigenvalue weighted by molar-refractivity contribution is -0.125. The summed E-state index contributed by atoms with van der Waals surface area (Å²) in [4.78, 5) is 19.8. The molecule has 4 aromatic rings. The zero-order chi connectivity index (χ0) is 23.5. The number of carbonyl (C=O) groups is 1. The number of amides is 1. The van der Waals surface area contributed by atoms with Gasteiger partial charge in [-0.05, 0) is 42.7 Å². The van der Waals surface area contributed by atoms with E-state index in [0.717, 1.165) is 53.3 Å². The van der Waals surface area contributed by atoms with Crippen LogP contribution in [0.3, 0.4) is 0 Å². The molecule has 7 nitrogen and oxygen atoms in total. The molecule has 2 aromatic carbocycles. The minimum atomic E-state index is -0.112. The van der Waals surface area contributed by atoms with Crippen molar-refractivity contribution in [2.45, 2.75) is 19.4 Å². The number of nitrogens with zero attached hydrogens (tertiary/aromatic N) is 4. The molecular weight excluding hydrogens is 450 g/mol. The van der Waals surface area contributed by atoms with Crippen LogP contribution in [0.1, 0.15) is 18.4 Å². The molecule has 3 heterocycles. The molecule has 1 aliphatic heterocycles. The van der Waals surface area contributed by atoms with E-state index in [1.165, 1.54) is 0 Å². The second-order valence-electron chi connectivity index (χ2n) is 8.44. The van der Waals surface area contributed by atoms with Gasteiger partial charge >= 0.3 is 0 Å². The number of fused-ring (bicyclic) bond motifs is 1. The van der Waals surface area contributed by atoms with E-state index in [0.29, 0.717) is 18.1 Å². The van der Waals surface area contributed by atoms with Crippen molar-refractivity contribution in [1.29, 1.82) is 0 Å². The average Bonchev–Trinajstić information content (AvgIpc) is 3.33. The zero-order valence-electron chi connectivity index (χ0n) is 18.9. The van der Waals surface area contributed by atoms with Crippen LogP contribution in [0.4, 0.5) is 5.82 Å². The molecular formula is C26H26ClN5O2. The third-order valence-electron chi connectivity index (χ3n) is 6.24. The van der Waals surface area contributed by atoms with Crippen molar-refractivity contribution < 1.29 is 9.53 Å². The fraction of sp³-hybridized carbons (Fsp3) is 0.269. The van der Waals surface area contributed by atoms with Gasteiger partial charge in [-0.2, -0.15) is 5.10 Å². The lowest BCUT2D eigenvalue weighted by atomic mass is 9.97. The largest absolute Gasteiger partial charge is 0.497 e. The molecule has 1 atom stereocenters. The van der Waals surface area contributed by atoms with Crippen LogP contribution in [0.15, 0.2) is 67.0 Å². The van der Waals surface area contributed by atoms with Gasteiger partial charge in [-0.1, -0.05) is 41.9 Å². The Morgan fingerprint density at radius 3 is 2.94 bits per heavy atom. The van der Waals surface area contributed by atoms with Gasteiger partial charge in [0.15, 0.2) is 5.82 Å². The van der Waals surface area contributed by atoms with Crippen LogP contribution in [0.5, 0.6) is 5.75 Å². The molecule has 1 amide bonds. The quantitative estimate of drug-likeness (QED) is 0.441. The second kappa shape index (κ2) is 9.73. The molecule has 0 unspecified atom stereocenters. The maximum absolute atomic E-state index is 12.9. The number of carbonyl (C=O) groups excluding carboxylic acids is 1. The van der Waals surface area contributed by atoms with Gasteiger partial charge in [-0.25, -0.2) is 9.50 Å². The normalized spacial score (nSPS) is 15.9. The van der Waals surface area contributed by atoms with E-state index in [2.05, 4.69) is 15.2 Å². The van der Waals surface area contributed by atoms with Crippen LogP contribution in [0.25, 0.3) is 16.8 Å². The first kappa shape index (κ1) is 22.2. The molecule has 0 spiro atoms. The van der Waals surface area contributed by atoms with Crippen molar-refractivity contribution in [3.05, 3.63) is 77.6 Å². The Bertz CT molecular complexity index is 1320. The van der Waals surface area contributed by atoms with Gasteiger partial charge < -0.3 is 15.0 Å². The van der Waals surface area contributed by atoms with E-state index in [4.69, 9.17) is 21.4 Å². The Kier molecular flexibility index (Phi) is 6.36. The Morgan fingerprint density at radius 2 is 2.09 bits per heavy atom. The zero-order valence-corrected chi connectivity index (χ0v) is 19.7. The number of rotatable bonds is 6. The molecule has 2 aromatic heterocycles. The number of aromatic nitrogens is 3. The topological polar surface area (TPSA) is 71.8 Å². The van der Waals surface area contributed by atoms with Gasteiger partial charge in [0.05, 0.1) is 18.7 Å². The van der Waals surface area contributed by atoms with Crippen molar-refractivity contribution in [3.63, 3.8) is 0 Å². The van der Waals surface area contributed by atoms with Crippen molar-refractivity contribution in [1.82, 2.24) is 19.9 Å². The van der Waals surface area contributed by atoms with Gasteiger partial charge in [0, 0.05) is 42.6 Å². The lowest BCUT2D eigenvalue weighted by Gasteiger charge is -2.33. The second-order valence-corrected chi connectivity index (χ2v) is 8.84. The molecule has 1 aliphatic rings. The van der Waals surface area contributed by atoms with E-state index in [1.54, 1.807) is 13.3 Å². The summed E-state index contributed by atoms with van der Waals surface area (Å²) in [6.07, 6.45) is 5.37. The molecule has 1 fully saturated rings. The van der Waals surface area contributed by atoms with Crippen molar-refractivity contribution in [3.8, 4) is 17.0 Å². The van der Waals surface area contributed by atoms with Gasteiger partial charge in [0.25, 0.3) is 0 Å². The predicted molar refractivity (Wildman–Crippen MR) is 133 cm³/mol. The van der Waals surface area contributed by atoms with E-state index in [-0.39, 0.29) is 11.8 Å². The number of methoxy groups -OCH3 is 1. The standard InChI is InChI=1S/C26H26ClN5O2/c1-34-21-9-4-7-18(14-21)23-15-24-25(28-11-13-32(24)30-23)31-12-5-8-20(17-31)26(33)29-16-19-6-2-3-10-22(19)27/h2-4,6-7,9-11,13-15,20H,5,8,12,16-17H2,1H3,(H,29,33)/t20-/m0/s1. The van der Waals surface area contributed by atoms with E-state index in [9.17, 15) is 4.79 Å². The minimum Gasteiger partial charge on any atom is -0.497 e. The summed E-state index contributed by atoms with van der Waals surface area (Å²) in [5, 5.41) is 8.46. The fourth-order valence-corrected chi connectivity index (χ4v) is 4.63. The SMILES string of the molecule is COc1cccc(-c2cc3c(N4CCC[C@H](C(=O)NCc5ccccc5Cl)C4)nccn3n2)c1. The summed E-state index contributed by atoms with van der Waals surface area (Å²) >= 11 is 6.23. The van der Waals surface area contributed by atoms with Crippen LogP contribution in [-0.4, -0.2) is 40.7 Å². The smallest absolute Gasteiger partial charge is 0.225 e. The molecule has 0 bridgehead atoms. The maximum Gasteiger partial charge on any atom is 0.225 e. The summed E-state index contributed by atoms with van der Waals surface area (Å²) < 4.78 is 7.20. The monoisotopic (exact) mass is 475 g/mol. The number of benzene rings is 2. The Labute approximate surface area is 203 Å². The molecule has 8 heteroatoms. The number of hydrogen-bond acceptors (Lipinski definition) is 5. The number of anilines is 1. The Morgan fingerprint density at radius 1 is 1.21 bits per heavy atom. The summed E-state index contributed by atoms with van der Waals surface area (Å²) in [7, 11) is 1.65. The number of hydrogen-bond donors (Lipinski definition) is 1. The van der Waals surface area contributed by atoms with Crippen LogP contribution in [0, 0.1) is 5.92 Å². The minimum absolute atomic E-state index is 0.0437. The highest BCUT2D eigenvalue weighted by Gasteiger charge is 2.28. The van der Waals surface area contributed by atoms with Crippen LogP contribution >= 0.6 is 11.6 Å². The van der Waals surface area contributed by atoms with Gasteiger partial charge in [0.1, 0.15) is 11.3 Å². The first-order valence-corrected chi connectivity index (χ1v) is 11.7. The third kappa shape index (κ3) is 4.56. The highest BCUT2D eigenvalue weighted by atomic mass is 35.5. The summed E-state index contributed by atoms with van der Waals surface area (Å²) in [5.74, 6) is 1.56. The fourth-order valence-electron chi connectivity index (χ4n) is 4.43. The van der Waals surface area contributed by atoms with Gasteiger partial charge in [0.2, 0.25) is 5.91 Å². The number of ether oxygens (including phenoxy) is 1. The number of piperidine rings is 1. The summed E-state index contributed by atoms with van der Waals surface area (Å²) in [5.41, 5.74) is 3.65. The Hall–Kier alpha value is -3.58. The summed E-state index contributed by atoms with van der Waals surface area (Å²) in [6.45, 7) is 1.89. The highest BCUT2D eigenvalue weighted by molar-refractivity contribution is 6.31. The van der Waals surface area contributed by atoms with Crippen LogP contribution in [-0.2, 0) is 11.3 Å². The molecule has 0 saturated carbocycles.